The first-order valence-electron chi connectivity index (χ1n) is 1.97. The van der Waals surface area contributed by atoms with Crippen LogP contribution >= 0.6 is 25.0 Å². The molecule has 0 aromatic rings. The molecule has 1 aliphatic heterocycles. The van der Waals surface area contributed by atoms with E-state index in [2.05, 4.69) is 14.2 Å². The zero-order valence-electron chi connectivity index (χ0n) is 4.18. The molecule has 0 spiro atoms. The molecule has 0 aromatic heterocycles. The van der Waals surface area contributed by atoms with Crippen LogP contribution in [0.15, 0.2) is 4.52 Å². The number of rotatable bonds is 0. The number of hydrogen-bond acceptors (Lipinski definition) is 5. The predicted molar refractivity (Wildman–Crippen MR) is 37.5 cm³/mol. The van der Waals surface area contributed by atoms with E-state index in [4.69, 9.17) is 14.7 Å². The number of nitrogens with zero attached hydrogens (tertiary/aromatic N) is 1. The van der Waals surface area contributed by atoms with Crippen molar-refractivity contribution in [2.24, 2.45) is 4.52 Å². The van der Waals surface area contributed by atoms with Crippen molar-refractivity contribution in [2.45, 2.75) is 0 Å². The van der Waals surface area contributed by atoms with Gasteiger partial charge in [0.2, 0.25) is 8.45 Å². The van der Waals surface area contributed by atoms with Crippen molar-refractivity contribution < 1.29 is 14.7 Å². The van der Waals surface area contributed by atoms with Crippen LogP contribution < -0.4 is 9.72 Å². The van der Waals surface area contributed by atoms with Gasteiger partial charge >= 0.3 is 0 Å². The van der Waals surface area contributed by atoms with Gasteiger partial charge in [-0.1, -0.05) is 0 Å². The van der Waals surface area contributed by atoms with Gasteiger partial charge in [0.15, 0.2) is 8.45 Å². The molecule has 9 heteroatoms. The average Bonchev–Trinajstić information content (AvgIpc) is 1.59. The molecule has 1 aliphatic rings. The van der Waals surface area contributed by atoms with Crippen LogP contribution in [-0.2, 0) is 0 Å². The highest BCUT2D eigenvalue weighted by molar-refractivity contribution is 7.74. The van der Waals surface area contributed by atoms with Gasteiger partial charge in [-0.2, -0.15) is 9.37 Å². The Morgan fingerprint density at radius 3 is 2.56 bits per heavy atom. The van der Waals surface area contributed by atoms with Crippen LogP contribution in [0.1, 0.15) is 0 Å². The Balaban J connectivity index is 2.56. The van der Waals surface area contributed by atoms with E-state index in [0.717, 1.165) is 0 Å². The molecule has 0 bridgehead atoms. The second-order valence-corrected chi connectivity index (χ2v) is 5.58. The minimum absolute atomic E-state index is 1.59. The summed E-state index contributed by atoms with van der Waals surface area (Å²) in [5, 5.41) is 0. The van der Waals surface area contributed by atoms with E-state index in [0.29, 0.717) is 0 Å². The molecule has 0 radical (unpaired) electrons. The predicted octanol–water partition coefficient (Wildman–Crippen LogP) is -0.162. The van der Waals surface area contributed by atoms with Crippen molar-refractivity contribution in [1.82, 2.24) is 9.72 Å². The fourth-order valence-electron chi connectivity index (χ4n) is 0.339. The minimum atomic E-state index is -2.02. The lowest BCUT2D eigenvalue weighted by Gasteiger charge is -2.19. The smallest absolute Gasteiger partial charge is 0.240 e. The van der Waals surface area contributed by atoms with E-state index in [1.807, 2.05) is 0 Å². The van der Waals surface area contributed by atoms with Crippen LogP contribution in [0.3, 0.4) is 0 Å². The summed E-state index contributed by atoms with van der Waals surface area (Å²) in [5.74, 6) is 0. The van der Waals surface area contributed by atoms with Gasteiger partial charge in [0, 0.05) is 0 Å². The van der Waals surface area contributed by atoms with Gasteiger partial charge in [-0.3, -0.25) is 0 Å². The van der Waals surface area contributed by atoms with Crippen molar-refractivity contribution in [3.8, 4) is 0 Å². The summed E-state index contributed by atoms with van der Waals surface area (Å²) in [4.78, 5) is 30.9. The van der Waals surface area contributed by atoms with Crippen LogP contribution in [0, 0.1) is 0 Å². The summed E-state index contributed by atoms with van der Waals surface area (Å²) in [6.45, 7) is 0. The Morgan fingerprint density at radius 1 is 1.44 bits per heavy atom. The number of nitrogens with one attached hydrogen (secondary N) is 2. The van der Waals surface area contributed by atoms with E-state index >= 15 is 0 Å². The summed E-state index contributed by atoms with van der Waals surface area (Å²) in [7, 11) is -5.29. The van der Waals surface area contributed by atoms with Crippen molar-refractivity contribution in [3.05, 3.63) is 0 Å². The molecular weight excluding hydrogens is 183 g/mol. The monoisotopic (exact) mass is 189 g/mol. The lowest BCUT2D eigenvalue weighted by Crippen LogP contribution is -2.10. The van der Waals surface area contributed by atoms with E-state index in [1.54, 1.807) is 0 Å². The molecule has 0 fully saturated rings. The summed E-state index contributed by atoms with van der Waals surface area (Å²) in [5.41, 5.74) is 0. The summed E-state index contributed by atoms with van der Waals surface area (Å²) in [6, 6.07) is 0. The minimum Gasteiger partial charge on any atom is -0.350 e. The second kappa shape index (κ2) is 3.33. The van der Waals surface area contributed by atoms with Gasteiger partial charge in [-0.15, -0.1) is 0 Å². The summed E-state index contributed by atoms with van der Waals surface area (Å²) >= 11 is 0. The van der Waals surface area contributed by atoms with Crippen LogP contribution in [0.4, 0.5) is 0 Å². The van der Waals surface area contributed by atoms with E-state index in [1.165, 1.54) is 0 Å². The van der Waals surface area contributed by atoms with Crippen molar-refractivity contribution in [3.63, 3.8) is 0 Å². The van der Waals surface area contributed by atoms with Gasteiger partial charge < -0.3 is 14.7 Å². The SMILES string of the molecule is OP1N=[PH](O)NP(O)N1. The first kappa shape index (κ1) is 7.99. The van der Waals surface area contributed by atoms with Crippen molar-refractivity contribution >= 4 is 25.0 Å². The zero-order chi connectivity index (χ0) is 6.85. The topological polar surface area (TPSA) is 97.1 Å². The van der Waals surface area contributed by atoms with Gasteiger partial charge in [-0.05, 0) is 0 Å². The first-order valence-corrected chi connectivity index (χ1v) is 5.90. The molecule has 0 saturated heterocycles. The highest BCUT2D eigenvalue weighted by atomic mass is 31.3. The summed E-state index contributed by atoms with van der Waals surface area (Å²) < 4.78 is 3.44. The Kier molecular flexibility index (Phi) is 2.96. The molecule has 1 heterocycles. The van der Waals surface area contributed by atoms with Gasteiger partial charge in [0.05, 0.1) is 0 Å². The fraction of sp³-hybridized carbons (Fsp3) is 0. The Hall–Kier alpha value is 0.890. The molecule has 0 aliphatic carbocycles. The molecule has 0 saturated carbocycles. The molecule has 1 rings (SSSR count). The van der Waals surface area contributed by atoms with E-state index < -0.39 is 25.0 Å². The lowest BCUT2D eigenvalue weighted by atomic mass is 13.8. The van der Waals surface area contributed by atoms with Gasteiger partial charge in [0.1, 0.15) is 8.09 Å². The molecule has 54 valence electrons. The van der Waals surface area contributed by atoms with E-state index in [-0.39, 0.29) is 0 Å². The standard InChI is InChI=1S/H6N3O3P3/c4-7-1-8(5)3-9(6)2-7/h1,4-5,9H,(H2,2,3,6). The van der Waals surface area contributed by atoms with Crippen LogP contribution in [0.25, 0.3) is 0 Å². The third-order valence-electron chi connectivity index (χ3n) is 0.580. The molecule has 0 amide bonds. The van der Waals surface area contributed by atoms with Crippen molar-refractivity contribution in [2.75, 3.05) is 0 Å². The fourth-order valence-corrected chi connectivity index (χ4v) is 4.30. The second-order valence-electron chi connectivity index (χ2n) is 1.24. The molecule has 9 heavy (non-hydrogen) atoms. The number of hydrogen-bond donors (Lipinski definition) is 5. The van der Waals surface area contributed by atoms with Gasteiger partial charge in [-0.25, -0.2) is 4.86 Å². The third kappa shape index (κ3) is 2.54. The highest BCUT2D eigenvalue weighted by Gasteiger charge is 2.16. The first-order chi connectivity index (χ1) is 4.18. The Bertz CT molecular complexity index is 136. The molecule has 5 N–H and O–H groups in total. The van der Waals surface area contributed by atoms with E-state index in [9.17, 15) is 0 Å². The molecule has 3 unspecified atom stereocenters. The molecule has 6 nitrogen and oxygen atoms in total. The van der Waals surface area contributed by atoms with Gasteiger partial charge in [0.25, 0.3) is 0 Å². The lowest BCUT2D eigenvalue weighted by molar-refractivity contribution is 0.583. The van der Waals surface area contributed by atoms with Crippen LogP contribution in [-0.4, -0.2) is 14.7 Å². The Morgan fingerprint density at radius 2 is 2.11 bits per heavy atom. The van der Waals surface area contributed by atoms with Crippen molar-refractivity contribution in [1.29, 1.82) is 0 Å². The highest BCUT2D eigenvalue weighted by Crippen LogP contribution is 2.49. The molecule has 3 atom stereocenters. The molecule has 0 aromatic carbocycles. The van der Waals surface area contributed by atoms with Crippen LogP contribution in [0.5, 0.6) is 0 Å². The maximum Gasteiger partial charge on any atom is 0.240 e. The summed E-state index contributed by atoms with van der Waals surface area (Å²) in [6.07, 6.45) is 0. The average molecular weight is 189 g/mol. The third-order valence-corrected chi connectivity index (χ3v) is 5.22. The maximum atomic E-state index is 8.75. The normalized spacial score (nSPS) is 44.1. The maximum absolute atomic E-state index is 8.75. The Labute approximate surface area is 54.8 Å². The quantitative estimate of drug-likeness (QED) is 0.341. The van der Waals surface area contributed by atoms with Crippen LogP contribution in [0.2, 0.25) is 0 Å². The molecular formula is H6N3O3P3. The largest absolute Gasteiger partial charge is 0.350 e. The zero-order valence-corrected chi connectivity index (χ0v) is 6.97.